The van der Waals surface area contributed by atoms with E-state index in [1.54, 1.807) is 11.9 Å². The monoisotopic (exact) mass is 397 g/mol. The number of carbonyl (C=O) groups excluding carboxylic acids is 1. The standard InChI is InChI=1S/C21H23N3O3S/c1-5-17-22-13(3)18-12(2)19(28-20(18)23-17)21(25)24(4)10-14-11-26-15-8-6-7-9-16(15)27-14/h6-9,14H,5,10-11H2,1-4H3/t14-/m1/s1. The van der Waals surface area contributed by atoms with Gasteiger partial charge in [0.15, 0.2) is 17.6 Å². The van der Waals surface area contributed by atoms with E-state index in [-0.39, 0.29) is 12.0 Å². The fraction of sp³-hybridized carbons (Fsp3) is 0.381. The predicted octanol–water partition coefficient (Wildman–Crippen LogP) is 3.78. The zero-order valence-electron chi connectivity index (χ0n) is 16.5. The van der Waals surface area contributed by atoms with Crippen LogP contribution in [-0.4, -0.2) is 47.1 Å². The molecule has 0 aliphatic carbocycles. The number of thiophene rings is 1. The largest absolute Gasteiger partial charge is 0.486 e. The van der Waals surface area contributed by atoms with E-state index >= 15 is 0 Å². The van der Waals surface area contributed by atoms with Gasteiger partial charge in [0.1, 0.15) is 17.3 Å². The van der Waals surface area contributed by atoms with E-state index in [0.717, 1.165) is 45.2 Å². The number of aryl methyl sites for hydroxylation is 3. The summed E-state index contributed by atoms with van der Waals surface area (Å²) in [5.41, 5.74) is 1.88. The van der Waals surface area contributed by atoms with Crippen molar-refractivity contribution >= 4 is 27.5 Å². The Morgan fingerprint density at radius 3 is 2.75 bits per heavy atom. The number of hydrogen-bond acceptors (Lipinski definition) is 6. The Morgan fingerprint density at radius 1 is 1.25 bits per heavy atom. The number of carbonyl (C=O) groups is 1. The molecule has 6 nitrogen and oxygen atoms in total. The van der Waals surface area contributed by atoms with E-state index in [2.05, 4.69) is 9.97 Å². The van der Waals surface area contributed by atoms with E-state index in [9.17, 15) is 4.79 Å². The van der Waals surface area contributed by atoms with Gasteiger partial charge in [-0.1, -0.05) is 19.1 Å². The summed E-state index contributed by atoms with van der Waals surface area (Å²) >= 11 is 1.44. The van der Waals surface area contributed by atoms with E-state index in [1.165, 1.54) is 11.3 Å². The van der Waals surface area contributed by atoms with Crippen LogP contribution in [0.1, 0.15) is 33.7 Å². The normalized spacial score (nSPS) is 15.6. The van der Waals surface area contributed by atoms with Crippen LogP contribution in [-0.2, 0) is 6.42 Å². The van der Waals surface area contributed by atoms with Crippen molar-refractivity contribution in [2.24, 2.45) is 0 Å². The van der Waals surface area contributed by atoms with Crippen molar-refractivity contribution in [1.29, 1.82) is 0 Å². The summed E-state index contributed by atoms with van der Waals surface area (Å²) in [6, 6.07) is 7.59. The molecule has 0 unspecified atom stereocenters. The van der Waals surface area contributed by atoms with E-state index in [4.69, 9.17) is 9.47 Å². The molecule has 28 heavy (non-hydrogen) atoms. The molecule has 0 saturated carbocycles. The average molecular weight is 398 g/mol. The summed E-state index contributed by atoms with van der Waals surface area (Å²) in [5.74, 6) is 2.25. The molecule has 1 atom stereocenters. The first-order valence-electron chi connectivity index (χ1n) is 9.38. The number of benzene rings is 1. The second-order valence-corrected chi connectivity index (χ2v) is 8.00. The topological polar surface area (TPSA) is 64.6 Å². The molecule has 1 aliphatic heterocycles. The zero-order valence-corrected chi connectivity index (χ0v) is 17.3. The molecule has 146 valence electrons. The van der Waals surface area contributed by atoms with E-state index in [0.29, 0.717) is 18.0 Å². The first-order chi connectivity index (χ1) is 13.5. The summed E-state index contributed by atoms with van der Waals surface area (Å²) in [6.07, 6.45) is 0.573. The SMILES string of the molecule is CCc1nc(C)c2c(C)c(C(=O)N(C)C[C@@H]3COc4ccccc4O3)sc2n1. The molecule has 0 bridgehead atoms. The van der Waals surface area contributed by atoms with Crippen molar-refractivity contribution in [2.75, 3.05) is 20.2 Å². The van der Waals surface area contributed by atoms with Gasteiger partial charge < -0.3 is 14.4 Å². The highest BCUT2D eigenvalue weighted by molar-refractivity contribution is 7.20. The maximum atomic E-state index is 13.1. The molecule has 1 aromatic carbocycles. The number of aromatic nitrogens is 2. The smallest absolute Gasteiger partial charge is 0.264 e. The number of nitrogens with zero attached hydrogens (tertiary/aromatic N) is 3. The Balaban J connectivity index is 1.54. The van der Waals surface area contributed by atoms with Crippen LogP contribution in [0.2, 0.25) is 0 Å². The lowest BCUT2D eigenvalue weighted by Gasteiger charge is -2.29. The highest BCUT2D eigenvalue weighted by atomic mass is 32.1. The van der Waals surface area contributed by atoms with Crippen LogP contribution in [0.5, 0.6) is 11.5 Å². The van der Waals surface area contributed by atoms with Gasteiger partial charge in [-0.15, -0.1) is 11.3 Å². The molecule has 0 saturated heterocycles. The van der Waals surface area contributed by atoms with Crippen molar-refractivity contribution in [2.45, 2.75) is 33.3 Å². The van der Waals surface area contributed by atoms with E-state index < -0.39 is 0 Å². The second-order valence-electron chi connectivity index (χ2n) is 7.00. The molecule has 0 fully saturated rings. The predicted molar refractivity (Wildman–Crippen MR) is 110 cm³/mol. The first-order valence-corrected chi connectivity index (χ1v) is 10.2. The Bertz CT molecular complexity index is 1050. The number of fused-ring (bicyclic) bond motifs is 2. The summed E-state index contributed by atoms with van der Waals surface area (Å²) in [5, 5.41) is 0.991. The number of likely N-dealkylation sites (N-methyl/N-ethyl adjacent to an activating group) is 1. The summed E-state index contributed by atoms with van der Waals surface area (Å²) in [6.45, 7) is 6.85. The van der Waals surface area contributed by atoms with Crippen molar-refractivity contribution < 1.29 is 14.3 Å². The minimum Gasteiger partial charge on any atom is -0.486 e. The van der Waals surface area contributed by atoms with Crippen LogP contribution in [0.25, 0.3) is 10.2 Å². The lowest BCUT2D eigenvalue weighted by Crippen LogP contribution is -2.41. The Morgan fingerprint density at radius 2 is 2.00 bits per heavy atom. The fourth-order valence-electron chi connectivity index (χ4n) is 3.47. The van der Waals surface area contributed by atoms with Crippen molar-refractivity contribution in [3.8, 4) is 11.5 Å². The third kappa shape index (κ3) is 3.30. The average Bonchev–Trinajstić information content (AvgIpc) is 3.04. The molecule has 7 heteroatoms. The highest BCUT2D eigenvalue weighted by Crippen LogP contribution is 2.33. The minimum atomic E-state index is -0.202. The maximum Gasteiger partial charge on any atom is 0.264 e. The quantitative estimate of drug-likeness (QED) is 0.670. The third-order valence-corrected chi connectivity index (χ3v) is 6.09. The molecule has 3 heterocycles. The van der Waals surface area contributed by atoms with Gasteiger partial charge in [-0.2, -0.15) is 0 Å². The van der Waals surface area contributed by atoms with Crippen LogP contribution in [0, 0.1) is 13.8 Å². The molecule has 0 N–H and O–H groups in total. The molecule has 1 aliphatic rings. The van der Waals surface area contributed by atoms with Crippen LogP contribution in [0.15, 0.2) is 24.3 Å². The van der Waals surface area contributed by atoms with Gasteiger partial charge in [-0.25, -0.2) is 9.97 Å². The van der Waals surface area contributed by atoms with Crippen LogP contribution >= 0.6 is 11.3 Å². The number of hydrogen-bond donors (Lipinski definition) is 0. The Kier molecular flexibility index (Phi) is 4.93. The fourth-order valence-corrected chi connectivity index (χ4v) is 4.72. The number of amides is 1. The molecule has 3 aromatic rings. The molecule has 0 spiro atoms. The second kappa shape index (κ2) is 7.39. The van der Waals surface area contributed by atoms with Crippen molar-refractivity contribution in [1.82, 2.24) is 14.9 Å². The molecular weight excluding hydrogens is 374 g/mol. The zero-order chi connectivity index (χ0) is 19.8. The molecule has 4 rings (SSSR count). The maximum absolute atomic E-state index is 13.1. The van der Waals surface area contributed by atoms with Gasteiger partial charge >= 0.3 is 0 Å². The summed E-state index contributed by atoms with van der Waals surface area (Å²) in [7, 11) is 1.80. The molecular formula is C21H23N3O3S. The van der Waals surface area contributed by atoms with E-state index in [1.807, 2.05) is 45.0 Å². The van der Waals surface area contributed by atoms with Crippen molar-refractivity contribution in [3.63, 3.8) is 0 Å². The van der Waals surface area contributed by atoms with Gasteiger partial charge in [0.25, 0.3) is 5.91 Å². The van der Waals surface area contributed by atoms with Gasteiger partial charge in [-0.3, -0.25) is 4.79 Å². The highest BCUT2D eigenvalue weighted by Gasteiger charge is 2.26. The van der Waals surface area contributed by atoms with Gasteiger partial charge in [0, 0.05) is 24.5 Å². The minimum absolute atomic E-state index is 0.0274. The van der Waals surface area contributed by atoms with Crippen LogP contribution in [0.4, 0.5) is 0 Å². The molecule has 1 amide bonds. The summed E-state index contributed by atoms with van der Waals surface area (Å²) in [4.78, 5) is 25.6. The molecule has 2 aromatic heterocycles. The van der Waals surface area contributed by atoms with Crippen LogP contribution < -0.4 is 9.47 Å². The van der Waals surface area contributed by atoms with Crippen LogP contribution in [0.3, 0.4) is 0 Å². The summed E-state index contributed by atoms with van der Waals surface area (Å²) < 4.78 is 11.7. The van der Waals surface area contributed by atoms with Crippen molar-refractivity contribution in [3.05, 3.63) is 46.2 Å². The lowest BCUT2D eigenvalue weighted by molar-refractivity contribution is 0.0523. The lowest BCUT2D eigenvalue weighted by atomic mass is 10.1. The van der Waals surface area contributed by atoms with Gasteiger partial charge in [-0.05, 0) is 31.5 Å². The Labute approximate surface area is 168 Å². The van der Waals surface area contributed by atoms with Gasteiger partial charge in [0.05, 0.1) is 11.4 Å². The molecule has 0 radical (unpaired) electrons. The number of ether oxygens (including phenoxy) is 2. The number of rotatable bonds is 4. The first kappa shape index (κ1) is 18.7. The third-order valence-electron chi connectivity index (χ3n) is 4.92. The van der Waals surface area contributed by atoms with Gasteiger partial charge in [0.2, 0.25) is 0 Å². The Hall–Kier alpha value is -2.67. The number of para-hydroxylation sites is 2.